The summed E-state index contributed by atoms with van der Waals surface area (Å²) in [5, 5.41) is 1.72. The molecule has 0 saturated carbocycles. The van der Waals surface area contributed by atoms with Gasteiger partial charge in [0.25, 0.3) is 5.91 Å². The molecule has 0 radical (unpaired) electrons. The molecule has 3 unspecified atom stereocenters. The van der Waals surface area contributed by atoms with Crippen molar-refractivity contribution >= 4 is 34.3 Å². The Morgan fingerprint density at radius 2 is 1.79 bits per heavy atom. The van der Waals surface area contributed by atoms with Crippen LogP contribution in [0.3, 0.4) is 0 Å². The van der Waals surface area contributed by atoms with E-state index < -0.39 is 0 Å². The number of rotatable bonds is 5. The molecule has 3 heterocycles. The zero-order valence-corrected chi connectivity index (χ0v) is 19.3. The number of para-hydroxylation sites is 1. The summed E-state index contributed by atoms with van der Waals surface area (Å²) in [5.74, 6) is 0.394. The molecule has 3 aromatic rings. The summed E-state index contributed by atoms with van der Waals surface area (Å²) in [5.41, 5.74) is 8.93. The number of carbonyl (C=O) groups excluding carboxylic acids is 2. The number of nitrogens with zero attached hydrogens (tertiary/aromatic N) is 3. The molecule has 2 N–H and O–H groups in total. The van der Waals surface area contributed by atoms with Crippen LogP contribution in [0.2, 0.25) is 5.02 Å². The van der Waals surface area contributed by atoms with Gasteiger partial charge in [0.1, 0.15) is 5.69 Å². The Morgan fingerprint density at radius 1 is 1.06 bits per heavy atom. The van der Waals surface area contributed by atoms with Gasteiger partial charge in [0.15, 0.2) is 0 Å². The number of halogens is 1. The van der Waals surface area contributed by atoms with Crippen LogP contribution in [-0.2, 0) is 4.79 Å². The summed E-state index contributed by atoms with van der Waals surface area (Å²) in [6, 6.07) is 17.5. The van der Waals surface area contributed by atoms with Gasteiger partial charge in [-0.1, -0.05) is 48.0 Å². The number of amides is 2. The fourth-order valence-corrected chi connectivity index (χ4v) is 5.45. The third kappa shape index (κ3) is 4.33. The third-order valence-corrected chi connectivity index (χ3v) is 7.44. The number of hydrogen-bond acceptors (Lipinski definition) is 4. The molecule has 2 aliphatic rings. The van der Waals surface area contributed by atoms with Crippen LogP contribution in [-0.4, -0.2) is 52.8 Å². The number of benzene rings is 2. The van der Waals surface area contributed by atoms with Gasteiger partial charge in [-0.2, -0.15) is 0 Å². The lowest BCUT2D eigenvalue weighted by Gasteiger charge is -2.29. The molecule has 2 aromatic carbocycles. The Bertz CT molecular complexity index is 1220. The van der Waals surface area contributed by atoms with E-state index in [2.05, 4.69) is 9.88 Å². The monoisotopic (exact) mass is 462 g/mol. The van der Waals surface area contributed by atoms with Gasteiger partial charge >= 0.3 is 0 Å². The van der Waals surface area contributed by atoms with Crippen LogP contribution in [0.1, 0.15) is 34.1 Å². The van der Waals surface area contributed by atoms with Crippen molar-refractivity contribution in [1.82, 2.24) is 14.8 Å². The maximum absolute atomic E-state index is 13.1. The average molecular weight is 463 g/mol. The first-order chi connectivity index (χ1) is 15.9. The number of aromatic nitrogens is 1. The van der Waals surface area contributed by atoms with E-state index in [1.807, 2.05) is 66.4 Å². The predicted octanol–water partition coefficient (Wildman–Crippen LogP) is 3.82. The average Bonchev–Trinajstić information content (AvgIpc) is 3.38. The maximum Gasteiger partial charge on any atom is 0.272 e. The van der Waals surface area contributed by atoms with Crippen LogP contribution in [0.5, 0.6) is 0 Å². The number of hydrogen-bond donors (Lipinski definition) is 1. The highest BCUT2D eigenvalue weighted by Gasteiger charge is 2.44. The van der Waals surface area contributed by atoms with Crippen molar-refractivity contribution in [2.45, 2.75) is 19.4 Å². The fraction of sp³-hybridized carbons (Fsp3) is 0.346. The van der Waals surface area contributed by atoms with Crippen molar-refractivity contribution in [3.8, 4) is 0 Å². The van der Waals surface area contributed by atoms with Gasteiger partial charge in [0, 0.05) is 49.1 Å². The molecule has 2 aliphatic heterocycles. The van der Waals surface area contributed by atoms with Crippen LogP contribution < -0.4 is 5.73 Å². The number of pyridine rings is 1. The van der Waals surface area contributed by atoms with E-state index in [1.54, 1.807) is 0 Å². The lowest BCUT2D eigenvalue weighted by molar-refractivity contribution is -0.119. The number of carbonyl (C=O) groups is 2. The van der Waals surface area contributed by atoms with Gasteiger partial charge in [0.05, 0.1) is 5.52 Å². The zero-order chi connectivity index (χ0) is 23.1. The van der Waals surface area contributed by atoms with Crippen LogP contribution in [0.4, 0.5) is 0 Å². The first-order valence-corrected chi connectivity index (χ1v) is 11.7. The summed E-state index contributed by atoms with van der Waals surface area (Å²) < 4.78 is 0. The largest absolute Gasteiger partial charge is 0.370 e. The van der Waals surface area contributed by atoms with E-state index in [0.29, 0.717) is 35.6 Å². The smallest absolute Gasteiger partial charge is 0.272 e. The molecule has 3 atom stereocenters. The topological polar surface area (TPSA) is 79.5 Å². The molecular formula is C26H27ClN4O2. The minimum Gasteiger partial charge on any atom is -0.370 e. The third-order valence-electron chi connectivity index (χ3n) is 7.04. The Labute approximate surface area is 198 Å². The van der Waals surface area contributed by atoms with E-state index in [-0.39, 0.29) is 24.3 Å². The molecule has 2 saturated heterocycles. The minimum absolute atomic E-state index is 0.0132. The number of aryl methyl sites for hydroxylation is 1. The normalized spacial score (nSPS) is 21.3. The van der Waals surface area contributed by atoms with E-state index in [0.717, 1.165) is 35.1 Å². The van der Waals surface area contributed by atoms with Gasteiger partial charge in [-0.25, -0.2) is 4.98 Å². The van der Waals surface area contributed by atoms with Gasteiger partial charge in [-0.05, 0) is 48.1 Å². The van der Waals surface area contributed by atoms with Crippen LogP contribution in [0.15, 0.2) is 54.6 Å². The summed E-state index contributed by atoms with van der Waals surface area (Å²) in [7, 11) is 0. The Balaban J connectivity index is 1.29. The van der Waals surface area contributed by atoms with E-state index >= 15 is 0 Å². The first kappa shape index (κ1) is 21.9. The Morgan fingerprint density at radius 3 is 2.48 bits per heavy atom. The highest BCUT2D eigenvalue weighted by atomic mass is 35.5. The van der Waals surface area contributed by atoms with Crippen molar-refractivity contribution in [2.24, 2.45) is 17.6 Å². The van der Waals surface area contributed by atoms with E-state index in [9.17, 15) is 9.59 Å². The maximum atomic E-state index is 13.1. The number of nitrogens with two attached hydrogens (primary N) is 1. The standard InChI is InChI=1S/C26H27ClN4O2/c1-16-6-7-18(10-21(16)27)24(11-25(28)32)30-12-19-14-31(15-20(19)13-30)26(33)23-9-8-17-4-2-3-5-22(17)29-23/h2-10,19-20,24H,11-15H2,1H3,(H2,28,32). The van der Waals surface area contributed by atoms with Crippen molar-refractivity contribution in [2.75, 3.05) is 26.2 Å². The fourth-order valence-electron chi connectivity index (χ4n) is 5.26. The molecule has 170 valence electrons. The number of likely N-dealkylation sites (tertiary alicyclic amines) is 2. The second kappa shape index (κ2) is 8.76. The second-order valence-electron chi connectivity index (χ2n) is 9.27. The minimum atomic E-state index is -0.326. The second-order valence-corrected chi connectivity index (χ2v) is 9.68. The summed E-state index contributed by atoms with van der Waals surface area (Å²) >= 11 is 6.36. The molecule has 1 aromatic heterocycles. The van der Waals surface area contributed by atoms with Gasteiger partial charge in [0.2, 0.25) is 5.91 Å². The summed E-state index contributed by atoms with van der Waals surface area (Å²) in [4.78, 5) is 33.8. The lowest BCUT2D eigenvalue weighted by atomic mass is 10.0. The predicted molar refractivity (Wildman–Crippen MR) is 129 cm³/mol. The molecule has 0 bridgehead atoms. The quantitative estimate of drug-likeness (QED) is 0.625. The number of primary amides is 1. The Kier molecular flexibility index (Phi) is 5.81. The van der Waals surface area contributed by atoms with E-state index in [1.165, 1.54) is 0 Å². The molecule has 33 heavy (non-hydrogen) atoms. The zero-order valence-electron chi connectivity index (χ0n) is 18.6. The molecule has 0 aliphatic carbocycles. The van der Waals surface area contributed by atoms with Crippen LogP contribution in [0.25, 0.3) is 10.9 Å². The molecule has 2 fully saturated rings. The van der Waals surface area contributed by atoms with Crippen molar-refractivity contribution in [1.29, 1.82) is 0 Å². The van der Waals surface area contributed by atoms with Gasteiger partial charge in [-0.3, -0.25) is 14.5 Å². The van der Waals surface area contributed by atoms with Crippen LogP contribution >= 0.6 is 11.6 Å². The van der Waals surface area contributed by atoms with Gasteiger partial charge < -0.3 is 10.6 Å². The van der Waals surface area contributed by atoms with Crippen molar-refractivity contribution < 1.29 is 9.59 Å². The number of fused-ring (bicyclic) bond motifs is 2. The first-order valence-electron chi connectivity index (χ1n) is 11.3. The molecular weight excluding hydrogens is 436 g/mol. The SMILES string of the molecule is Cc1ccc(C(CC(N)=O)N2CC3CN(C(=O)c4ccc5ccccc5n4)CC3C2)cc1Cl. The van der Waals surface area contributed by atoms with Crippen molar-refractivity contribution in [3.05, 3.63) is 76.4 Å². The highest BCUT2D eigenvalue weighted by Crippen LogP contribution is 2.38. The Hall–Kier alpha value is -2.96. The molecule has 6 nitrogen and oxygen atoms in total. The van der Waals surface area contributed by atoms with Crippen molar-refractivity contribution in [3.63, 3.8) is 0 Å². The highest BCUT2D eigenvalue weighted by molar-refractivity contribution is 6.31. The summed E-state index contributed by atoms with van der Waals surface area (Å²) in [6.07, 6.45) is 0.252. The summed E-state index contributed by atoms with van der Waals surface area (Å²) in [6.45, 7) is 5.01. The molecule has 7 heteroatoms. The van der Waals surface area contributed by atoms with E-state index in [4.69, 9.17) is 17.3 Å². The lowest BCUT2D eigenvalue weighted by Crippen LogP contribution is -2.36. The molecule has 0 spiro atoms. The molecule has 5 rings (SSSR count). The molecule has 2 amide bonds. The van der Waals surface area contributed by atoms with Gasteiger partial charge in [-0.15, -0.1) is 0 Å². The van der Waals surface area contributed by atoms with Crippen LogP contribution in [0, 0.1) is 18.8 Å².